The highest BCUT2D eigenvalue weighted by molar-refractivity contribution is 5.31. The van der Waals surface area contributed by atoms with Gasteiger partial charge in [0, 0.05) is 6.04 Å². The molecule has 1 fully saturated rings. The van der Waals surface area contributed by atoms with Crippen LogP contribution in [0.15, 0.2) is 18.2 Å². The predicted molar refractivity (Wildman–Crippen MR) is 69.8 cm³/mol. The molecule has 1 saturated carbocycles. The molecule has 0 unspecified atom stereocenters. The monoisotopic (exact) mass is 271 g/mol. The molecule has 0 amide bonds. The molecule has 19 heavy (non-hydrogen) atoms. The number of alkyl halides is 3. The summed E-state index contributed by atoms with van der Waals surface area (Å²) in [4.78, 5) is 0. The van der Waals surface area contributed by atoms with Crippen molar-refractivity contribution in [3.63, 3.8) is 0 Å². The minimum atomic E-state index is -4.26. The Labute approximate surface area is 112 Å². The van der Waals surface area contributed by atoms with Crippen LogP contribution in [0.1, 0.15) is 42.4 Å². The summed E-state index contributed by atoms with van der Waals surface area (Å²) >= 11 is 0. The van der Waals surface area contributed by atoms with Crippen LogP contribution in [-0.2, 0) is 12.6 Å². The van der Waals surface area contributed by atoms with E-state index in [2.05, 4.69) is 0 Å². The maximum Gasteiger partial charge on any atom is 0.416 e. The second-order valence-electron chi connectivity index (χ2n) is 5.60. The van der Waals surface area contributed by atoms with Crippen LogP contribution in [0.5, 0.6) is 0 Å². The van der Waals surface area contributed by atoms with Crippen molar-refractivity contribution in [3.05, 3.63) is 34.9 Å². The van der Waals surface area contributed by atoms with Gasteiger partial charge in [-0.3, -0.25) is 0 Å². The van der Waals surface area contributed by atoms with Gasteiger partial charge < -0.3 is 5.73 Å². The highest BCUT2D eigenvalue weighted by Gasteiger charge is 2.31. The number of hydrogen-bond acceptors (Lipinski definition) is 1. The van der Waals surface area contributed by atoms with Crippen molar-refractivity contribution >= 4 is 0 Å². The molecule has 1 aliphatic carbocycles. The van der Waals surface area contributed by atoms with Crippen LogP contribution in [0.2, 0.25) is 0 Å². The van der Waals surface area contributed by atoms with Gasteiger partial charge in [-0.05, 0) is 62.6 Å². The van der Waals surface area contributed by atoms with Gasteiger partial charge in [0.15, 0.2) is 0 Å². The Hall–Kier alpha value is -1.03. The zero-order valence-electron chi connectivity index (χ0n) is 11.1. The Morgan fingerprint density at radius 1 is 1.26 bits per heavy atom. The number of rotatable bonds is 5. The van der Waals surface area contributed by atoms with E-state index in [-0.39, 0.29) is 6.04 Å². The van der Waals surface area contributed by atoms with E-state index in [1.807, 2.05) is 6.07 Å². The van der Waals surface area contributed by atoms with Gasteiger partial charge in [0.1, 0.15) is 0 Å². The maximum atomic E-state index is 12.7. The lowest BCUT2D eigenvalue weighted by Gasteiger charge is -2.12. The molecule has 4 heteroatoms. The van der Waals surface area contributed by atoms with Gasteiger partial charge in [0.25, 0.3) is 0 Å². The Balaban J connectivity index is 1.93. The molecule has 106 valence electrons. The highest BCUT2D eigenvalue weighted by atomic mass is 19.4. The van der Waals surface area contributed by atoms with Crippen molar-refractivity contribution < 1.29 is 13.2 Å². The Morgan fingerprint density at radius 3 is 2.53 bits per heavy atom. The fourth-order valence-electron chi connectivity index (χ4n) is 2.47. The van der Waals surface area contributed by atoms with Gasteiger partial charge in [-0.15, -0.1) is 0 Å². The molecule has 0 saturated heterocycles. The minimum Gasteiger partial charge on any atom is -0.327 e. The van der Waals surface area contributed by atoms with E-state index < -0.39 is 11.7 Å². The summed E-state index contributed by atoms with van der Waals surface area (Å²) in [5.41, 5.74) is 6.87. The minimum absolute atomic E-state index is 0.229. The lowest BCUT2D eigenvalue weighted by Crippen LogP contribution is -2.22. The molecule has 1 aromatic carbocycles. The quantitative estimate of drug-likeness (QED) is 0.858. The predicted octanol–water partition coefficient (Wildman–Crippen LogP) is 4.07. The maximum absolute atomic E-state index is 12.7. The lowest BCUT2D eigenvalue weighted by atomic mass is 9.99. The third-order valence-corrected chi connectivity index (χ3v) is 3.69. The summed E-state index contributed by atoms with van der Waals surface area (Å²) in [5.74, 6) is 0.656. The van der Waals surface area contributed by atoms with Crippen LogP contribution < -0.4 is 5.73 Å². The fraction of sp³-hybridized carbons (Fsp3) is 0.600. The topological polar surface area (TPSA) is 26.0 Å². The second-order valence-corrected chi connectivity index (χ2v) is 5.60. The van der Waals surface area contributed by atoms with Gasteiger partial charge >= 0.3 is 6.18 Å². The van der Waals surface area contributed by atoms with Crippen LogP contribution >= 0.6 is 0 Å². The van der Waals surface area contributed by atoms with Gasteiger partial charge in [0.2, 0.25) is 0 Å². The zero-order chi connectivity index (χ0) is 14.0. The molecule has 1 nitrogen and oxygen atoms in total. The molecule has 0 spiro atoms. The molecule has 1 aromatic rings. The van der Waals surface area contributed by atoms with E-state index in [0.29, 0.717) is 17.9 Å². The fourth-order valence-corrected chi connectivity index (χ4v) is 2.47. The van der Waals surface area contributed by atoms with E-state index in [9.17, 15) is 13.2 Å². The lowest BCUT2D eigenvalue weighted by molar-refractivity contribution is -0.137. The normalized spacial score (nSPS) is 17.5. The van der Waals surface area contributed by atoms with Gasteiger partial charge in [0.05, 0.1) is 5.56 Å². The van der Waals surface area contributed by atoms with Gasteiger partial charge in [-0.25, -0.2) is 0 Å². The van der Waals surface area contributed by atoms with Crippen molar-refractivity contribution in [3.8, 4) is 0 Å². The molecule has 1 aliphatic rings. The van der Waals surface area contributed by atoms with E-state index >= 15 is 0 Å². The molecule has 0 aromatic heterocycles. The average Bonchev–Trinajstić information content (AvgIpc) is 3.10. The van der Waals surface area contributed by atoms with Crippen molar-refractivity contribution in [2.24, 2.45) is 11.7 Å². The molecule has 0 bridgehead atoms. The summed E-state index contributed by atoms with van der Waals surface area (Å²) in [6, 6.07) is 4.51. The van der Waals surface area contributed by atoms with Crippen LogP contribution in [0, 0.1) is 12.8 Å². The number of benzene rings is 1. The first-order chi connectivity index (χ1) is 8.86. The smallest absolute Gasteiger partial charge is 0.327 e. The van der Waals surface area contributed by atoms with Crippen molar-refractivity contribution in [2.75, 3.05) is 0 Å². The highest BCUT2D eigenvalue weighted by Crippen LogP contribution is 2.34. The molecular formula is C15H20F3N. The molecule has 0 radical (unpaired) electrons. The van der Waals surface area contributed by atoms with Crippen LogP contribution in [0.3, 0.4) is 0 Å². The molecule has 2 rings (SSSR count). The van der Waals surface area contributed by atoms with E-state index in [0.717, 1.165) is 18.4 Å². The van der Waals surface area contributed by atoms with Crippen molar-refractivity contribution in [1.29, 1.82) is 0 Å². The zero-order valence-corrected chi connectivity index (χ0v) is 11.1. The second kappa shape index (κ2) is 5.53. The first-order valence-electron chi connectivity index (χ1n) is 6.79. The Morgan fingerprint density at radius 2 is 1.95 bits per heavy atom. The number of nitrogens with two attached hydrogens (primary N) is 1. The van der Waals surface area contributed by atoms with Crippen LogP contribution in [-0.4, -0.2) is 6.04 Å². The van der Waals surface area contributed by atoms with Crippen molar-refractivity contribution in [1.82, 2.24) is 0 Å². The van der Waals surface area contributed by atoms with Crippen LogP contribution in [0.25, 0.3) is 0 Å². The average molecular weight is 271 g/mol. The number of halogens is 3. The van der Waals surface area contributed by atoms with Crippen molar-refractivity contribution in [2.45, 2.75) is 51.2 Å². The first-order valence-corrected chi connectivity index (χ1v) is 6.79. The summed E-state index contributed by atoms with van der Waals surface area (Å²) < 4.78 is 38.1. The first kappa shape index (κ1) is 14.4. The third kappa shape index (κ3) is 4.23. The summed E-state index contributed by atoms with van der Waals surface area (Å²) in [6.07, 6.45) is 0.600. The number of hydrogen-bond donors (Lipinski definition) is 1. The summed E-state index contributed by atoms with van der Waals surface area (Å²) in [5, 5.41) is 0. The molecule has 1 atom stereocenters. The molecular weight excluding hydrogens is 251 g/mol. The van der Waals surface area contributed by atoms with E-state index in [4.69, 9.17) is 5.73 Å². The summed E-state index contributed by atoms with van der Waals surface area (Å²) in [6.45, 7) is 1.70. The molecule has 0 heterocycles. The Bertz CT molecular complexity index is 436. The molecule has 2 N–H and O–H groups in total. The standard InChI is InChI=1S/C15H20F3N/c1-10-7-11(9-13(8-10)15(16,17)18)3-2-4-14(19)12-5-6-12/h7-9,12,14H,2-6,19H2,1H3/t14-/m1/s1. The third-order valence-electron chi connectivity index (χ3n) is 3.69. The number of aryl methyl sites for hydroxylation is 2. The SMILES string of the molecule is Cc1cc(CCC[C@@H](N)C2CC2)cc(C(F)(F)F)c1. The largest absolute Gasteiger partial charge is 0.416 e. The Kier molecular flexibility index (Phi) is 4.19. The van der Waals surface area contributed by atoms with Gasteiger partial charge in [-0.1, -0.05) is 11.6 Å². The van der Waals surface area contributed by atoms with Crippen LogP contribution in [0.4, 0.5) is 13.2 Å². The summed E-state index contributed by atoms with van der Waals surface area (Å²) in [7, 11) is 0. The van der Waals surface area contributed by atoms with E-state index in [1.54, 1.807) is 6.92 Å². The van der Waals surface area contributed by atoms with E-state index in [1.165, 1.54) is 25.0 Å². The van der Waals surface area contributed by atoms with Gasteiger partial charge in [-0.2, -0.15) is 13.2 Å². The molecule has 0 aliphatic heterocycles.